The minimum absolute atomic E-state index is 0.0889. The summed E-state index contributed by atoms with van der Waals surface area (Å²) in [6, 6.07) is 1.16. The van der Waals surface area contributed by atoms with Crippen LogP contribution in [0.25, 0.3) is 0 Å². The SMILES string of the molecule is C=C(C)C(=O)OCCC[SiH2]COC. The van der Waals surface area contributed by atoms with Gasteiger partial charge in [-0.2, -0.15) is 0 Å². The van der Waals surface area contributed by atoms with E-state index in [9.17, 15) is 4.79 Å². The van der Waals surface area contributed by atoms with Crippen molar-refractivity contribution in [1.82, 2.24) is 0 Å². The van der Waals surface area contributed by atoms with Gasteiger partial charge in [-0.1, -0.05) is 12.6 Å². The lowest BCUT2D eigenvalue weighted by atomic mass is 10.4. The van der Waals surface area contributed by atoms with Crippen LogP contribution < -0.4 is 0 Å². The van der Waals surface area contributed by atoms with Gasteiger partial charge in [-0.15, -0.1) is 0 Å². The van der Waals surface area contributed by atoms with Crippen molar-refractivity contribution < 1.29 is 14.3 Å². The van der Waals surface area contributed by atoms with Crippen molar-refractivity contribution in [2.24, 2.45) is 0 Å². The number of carbonyl (C=O) groups is 1. The van der Waals surface area contributed by atoms with Gasteiger partial charge in [0.15, 0.2) is 0 Å². The number of ether oxygens (including phenoxy) is 2. The van der Waals surface area contributed by atoms with Gasteiger partial charge in [0, 0.05) is 18.9 Å². The van der Waals surface area contributed by atoms with Gasteiger partial charge in [0.05, 0.1) is 16.1 Å². The van der Waals surface area contributed by atoms with Crippen LogP contribution in [-0.4, -0.2) is 35.4 Å². The molecule has 0 radical (unpaired) electrons. The fourth-order valence-corrected chi connectivity index (χ4v) is 1.86. The van der Waals surface area contributed by atoms with Crippen LogP contribution in [0.2, 0.25) is 6.04 Å². The summed E-state index contributed by atoms with van der Waals surface area (Å²) >= 11 is 0. The zero-order chi connectivity index (χ0) is 10.1. The molecular weight excluding hydrogens is 184 g/mol. The van der Waals surface area contributed by atoms with E-state index in [1.54, 1.807) is 14.0 Å². The first-order valence-corrected chi connectivity index (χ1v) is 6.50. The lowest BCUT2D eigenvalue weighted by Gasteiger charge is -2.03. The highest BCUT2D eigenvalue weighted by Crippen LogP contribution is 1.95. The molecule has 0 aliphatic heterocycles. The largest absolute Gasteiger partial charge is 0.462 e. The Morgan fingerprint density at radius 2 is 2.23 bits per heavy atom. The summed E-state index contributed by atoms with van der Waals surface area (Å²) in [5.74, 6) is -0.284. The first-order chi connectivity index (χ1) is 6.18. The van der Waals surface area contributed by atoms with Crippen LogP contribution in [-0.2, 0) is 14.3 Å². The van der Waals surface area contributed by atoms with Crippen LogP contribution in [0.1, 0.15) is 13.3 Å². The van der Waals surface area contributed by atoms with Crippen LogP contribution >= 0.6 is 0 Å². The second-order valence-electron chi connectivity index (χ2n) is 2.97. The first kappa shape index (κ1) is 12.4. The molecule has 0 aliphatic rings. The summed E-state index contributed by atoms with van der Waals surface area (Å²) in [6.07, 6.45) is 1.86. The number of esters is 1. The molecule has 0 aliphatic carbocycles. The van der Waals surface area contributed by atoms with Gasteiger partial charge in [-0.05, 0) is 13.3 Å². The van der Waals surface area contributed by atoms with Gasteiger partial charge in [0.2, 0.25) is 0 Å². The van der Waals surface area contributed by atoms with Crippen LogP contribution in [0.15, 0.2) is 12.2 Å². The molecule has 13 heavy (non-hydrogen) atoms. The Morgan fingerprint density at radius 3 is 2.77 bits per heavy atom. The maximum absolute atomic E-state index is 10.9. The minimum atomic E-state index is -0.284. The van der Waals surface area contributed by atoms with Crippen molar-refractivity contribution in [3.8, 4) is 0 Å². The zero-order valence-corrected chi connectivity index (χ0v) is 9.88. The zero-order valence-electron chi connectivity index (χ0n) is 8.47. The summed E-state index contributed by atoms with van der Waals surface area (Å²) in [5.41, 5.74) is 0.467. The van der Waals surface area contributed by atoms with E-state index in [2.05, 4.69) is 6.58 Å². The lowest BCUT2D eigenvalue weighted by Crippen LogP contribution is -2.08. The molecule has 0 rings (SSSR count). The van der Waals surface area contributed by atoms with Gasteiger partial charge in [0.25, 0.3) is 0 Å². The third-order valence-corrected chi connectivity index (χ3v) is 3.27. The van der Waals surface area contributed by atoms with Gasteiger partial charge < -0.3 is 9.47 Å². The summed E-state index contributed by atoms with van der Waals surface area (Å²) < 4.78 is 9.87. The molecule has 0 spiro atoms. The van der Waals surface area contributed by atoms with Crippen molar-refractivity contribution in [3.63, 3.8) is 0 Å². The van der Waals surface area contributed by atoms with E-state index in [0.717, 1.165) is 18.7 Å². The number of methoxy groups -OCH3 is 1. The summed E-state index contributed by atoms with van der Waals surface area (Å²) in [7, 11) is 1.63. The molecule has 0 unspecified atom stereocenters. The quantitative estimate of drug-likeness (QED) is 0.264. The van der Waals surface area contributed by atoms with E-state index in [1.165, 1.54) is 0 Å². The summed E-state index contributed by atoms with van der Waals surface area (Å²) in [5, 5.41) is 0. The smallest absolute Gasteiger partial charge is 0.333 e. The average molecular weight is 202 g/mol. The second-order valence-corrected chi connectivity index (χ2v) is 4.79. The predicted molar refractivity (Wildman–Crippen MR) is 55.6 cm³/mol. The standard InChI is InChI=1S/C9H18O3Si/c1-8(2)9(10)12-5-4-6-13-7-11-3/h1,4-7,13H2,2-3H3. The third kappa shape index (κ3) is 7.74. The highest BCUT2D eigenvalue weighted by Gasteiger charge is 2.01. The van der Waals surface area contributed by atoms with Crippen LogP contribution in [0, 0.1) is 0 Å². The van der Waals surface area contributed by atoms with Gasteiger partial charge in [-0.3, -0.25) is 0 Å². The molecule has 0 saturated heterocycles. The molecule has 0 amide bonds. The molecule has 0 fully saturated rings. The summed E-state index contributed by atoms with van der Waals surface area (Å²) in [4.78, 5) is 10.9. The highest BCUT2D eigenvalue weighted by molar-refractivity contribution is 6.35. The molecular formula is C9H18O3Si. The highest BCUT2D eigenvalue weighted by atomic mass is 28.2. The number of carbonyl (C=O) groups excluding carboxylic acids is 1. The average Bonchev–Trinajstić information content (AvgIpc) is 2.10. The van der Waals surface area contributed by atoms with E-state index in [1.807, 2.05) is 0 Å². The molecule has 0 aromatic heterocycles. The molecule has 3 nitrogen and oxygen atoms in total. The Hall–Kier alpha value is -0.613. The lowest BCUT2D eigenvalue weighted by molar-refractivity contribution is -0.138. The van der Waals surface area contributed by atoms with E-state index in [4.69, 9.17) is 9.47 Å². The molecule has 0 bridgehead atoms. The van der Waals surface area contributed by atoms with Gasteiger partial charge in [0.1, 0.15) is 0 Å². The molecule has 0 saturated carbocycles. The van der Waals surface area contributed by atoms with Crippen molar-refractivity contribution in [2.75, 3.05) is 19.9 Å². The Bertz CT molecular complexity index is 168. The monoisotopic (exact) mass is 202 g/mol. The maximum atomic E-state index is 10.9. The Kier molecular flexibility index (Phi) is 7.63. The third-order valence-electron chi connectivity index (χ3n) is 1.57. The van der Waals surface area contributed by atoms with Gasteiger partial charge >= 0.3 is 5.97 Å². The molecule has 0 heterocycles. The molecule has 0 aromatic carbocycles. The minimum Gasteiger partial charge on any atom is -0.462 e. The predicted octanol–water partition coefficient (Wildman–Crippen LogP) is 0.687. The molecule has 76 valence electrons. The van der Waals surface area contributed by atoms with Crippen molar-refractivity contribution in [1.29, 1.82) is 0 Å². The Balaban J connectivity index is 3.16. The van der Waals surface area contributed by atoms with Crippen LogP contribution in [0.3, 0.4) is 0 Å². The molecule has 4 heteroatoms. The number of hydrogen-bond acceptors (Lipinski definition) is 3. The van der Waals surface area contributed by atoms with E-state index < -0.39 is 0 Å². The first-order valence-electron chi connectivity index (χ1n) is 4.50. The summed E-state index contributed by atoms with van der Waals surface area (Å²) in [6.45, 7) is 5.67. The second kappa shape index (κ2) is 8.01. The maximum Gasteiger partial charge on any atom is 0.333 e. The molecule has 0 N–H and O–H groups in total. The van der Waals surface area contributed by atoms with Crippen molar-refractivity contribution in [2.45, 2.75) is 19.4 Å². The van der Waals surface area contributed by atoms with Crippen LogP contribution in [0.5, 0.6) is 0 Å². The normalized spacial score (nSPS) is 10.6. The van der Waals surface area contributed by atoms with Crippen LogP contribution in [0.4, 0.5) is 0 Å². The van der Waals surface area contributed by atoms with E-state index >= 15 is 0 Å². The van der Waals surface area contributed by atoms with Gasteiger partial charge in [-0.25, -0.2) is 4.79 Å². The van der Waals surface area contributed by atoms with E-state index in [0.29, 0.717) is 12.2 Å². The fourth-order valence-electron chi connectivity index (χ4n) is 0.813. The number of rotatable bonds is 7. The van der Waals surface area contributed by atoms with E-state index in [-0.39, 0.29) is 15.5 Å². The van der Waals surface area contributed by atoms with Crippen molar-refractivity contribution >= 4 is 15.5 Å². The molecule has 0 aromatic rings. The topological polar surface area (TPSA) is 35.5 Å². The van der Waals surface area contributed by atoms with Crippen molar-refractivity contribution in [3.05, 3.63) is 12.2 Å². The Labute approximate surface area is 81.9 Å². The fraction of sp³-hybridized carbons (Fsp3) is 0.667. The number of hydrogen-bond donors (Lipinski definition) is 0. The molecule has 0 atom stereocenters. The Morgan fingerprint density at radius 1 is 1.54 bits per heavy atom.